The first-order chi connectivity index (χ1) is 6.07. The Morgan fingerprint density at radius 2 is 2.15 bits per heavy atom. The Morgan fingerprint density at radius 1 is 1.38 bits per heavy atom. The second-order valence-corrected chi connectivity index (χ2v) is 4.08. The topological polar surface area (TPSA) is 9.23 Å². The molecule has 0 radical (unpaired) electrons. The predicted octanol–water partition coefficient (Wildman–Crippen LogP) is 1.75. The molecule has 2 rings (SSSR count). The Kier molecular flexibility index (Phi) is 1.72. The van der Waals surface area contributed by atoms with Crippen LogP contribution in [0.1, 0.15) is 18.1 Å². The fraction of sp³-hybridized carbons (Fsp3) is 0.273. The molecule has 0 aliphatic carbocycles. The minimum Gasteiger partial charge on any atom is -0.492 e. The van der Waals surface area contributed by atoms with Gasteiger partial charge in [0.15, 0.2) is 7.85 Å². The van der Waals surface area contributed by atoms with Crippen LogP contribution in [0, 0.1) is 6.92 Å². The first kappa shape index (κ1) is 8.42. The predicted molar refractivity (Wildman–Crippen MR) is 57.8 cm³/mol. The first-order valence-electron chi connectivity index (χ1n) is 4.56. The van der Waals surface area contributed by atoms with Crippen molar-refractivity contribution in [3.05, 3.63) is 35.4 Å². The van der Waals surface area contributed by atoms with E-state index in [9.17, 15) is 0 Å². The van der Waals surface area contributed by atoms with Gasteiger partial charge in [-0.25, -0.2) is 0 Å². The highest BCUT2D eigenvalue weighted by Crippen LogP contribution is 2.29. The third-order valence-electron chi connectivity index (χ3n) is 2.21. The lowest BCUT2D eigenvalue weighted by atomic mass is 9.81. The molecule has 2 heteroatoms. The van der Waals surface area contributed by atoms with Crippen molar-refractivity contribution in [1.82, 2.24) is 0 Å². The van der Waals surface area contributed by atoms with Crippen molar-refractivity contribution in [3.63, 3.8) is 0 Å². The van der Waals surface area contributed by atoms with E-state index in [0.29, 0.717) is 0 Å². The van der Waals surface area contributed by atoms with Crippen LogP contribution in [0.5, 0.6) is 5.75 Å². The highest BCUT2D eigenvalue weighted by Gasteiger charge is 2.20. The van der Waals surface area contributed by atoms with Crippen LogP contribution in [-0.2, 0) is 0 Å². The van der Waals surface area contributed by atoms with Crippen LogP contribution in [0.15, 0.2) is 24.3 Å². The number of fused-ring (bicyclic) bond motifs is 1. The van der Waals surface area contributed by atoms with Gasteiger partial charge in [0.25, 0.3) is 0 Å². The second-order valence-electron chi connectivity index (χ2n) is 4.08. The molecule has 0 bridgehead atoms. The van der Waals surface area contributed by atoms with Crippen LogP contribution in [0.2, 0.25) is 0 Å². The lowest BCUT2D eigenvalue weighted by Crippen LogP contribution is -2.31. The van der Waals surface area contributed by atoms with E-state index >= 15 is 0 Å². The van der Waals surface area contributed by atoms with Gasteiger partial charge >= 0.3 is 0 Å². The van der Waals surface area contributed by atoms with Gasteiger partial charge in [0.2, 0.25) is 0 Å². The number of aryl methyl sites for hydroxylation is 1. The summed E-state index contributed by atoms with van der Waals surface area (Å²) >= 11 is 0. The molecular weight excluding hydrogens is 159 g/mol. The fourth-order valence-electron chi connectivity index (χ4n) is 1.48. The summed E-state index contributed by atoms with van der Waals surface area (Å²) in [6, 6.07) is 6.28. The second kappa shape index (κ2) is 2.66. The lowest BCUT2D eigenvalue weighted by Gasteiger charge is -2.28. The summed E-state index contributed by atoms with van der Waals surface area (Å²) < 4.78 is 5.81. The Bertz CT molecular complexity index is 366. The molecule has 1 nitrogen and oxygen atoms in total. The fourth-order valence-corrected chi connectivity index (χ4v) is 1.48. The molecule has 1 aliphatic rings. The first-order valence-corrected chi connectivity index (χ1v) is 4.56. The summed E-state index contributed by atoms with van der Waals surface area (Å²) in [5.41, 5.74) is 2.25. The quantitative estimate of drug-likeness (QED) is 0.541. The summed E-state index contributed by atoms with van der Waals surface area (Å²) in [6.45, 7) is 4.14. The van der Waals surface area contributed by atoms with Gasteiger partial charge < -0.3 is 4.74 Å². The van der Waals surface area contributed by atoms with Crippen molar-refractivity contribution in [2.24, 2.45) is 0 Å². The summed E-state index contributed by atoms with van der Waals surface area (Å²) in [6.07, 6.45) is 4.21. The van der Waals surface area contributed by atoms with Gasteiger partial charge in [-0.2, -0.15) is 0 Å². The molecule has 0 N–H and O–H groups in total. The molecule has 0 aromatic heterocycles. The van der Waals surface area contributed by atoms with E-state index in [1.165, 1.54) is 11.1 Å². The maximum atomic E-state index is 5.81. The molecule has 1 aromatic carbocycles. The highest BCUT2D eigenvalue weighted by atomic mass is 16.5. The Balaban J connectivity index is 2.48. The third kappa shape index (κ3) is 1.62. The average molecular weight is 172 g/mol. The van der Waals surface area contributed by atoms with Crippen LogP contribution in [0.4, 0.5) is 0 Å². The number of hydrogen-bond donors (Lipinski definition) is 0. The lowest BCUT2D eigenvalue weighted by molar-refractivity contribution is 0.224. The summed E-state index contributed by atoms with van der Waals surface area (Å²) in [5.74, 6) is 0.993. The zero-order valence-corrected chi connectivity index (χ0v) is 8.29. The molecule has 66 valence electrons. The molecule has 13 heavy (non-hydrogen) atoms. The molecule has 0 saturated carbocycles. The number of hydrogen-bond acceptors (Lipinski definition) is 1. The van der Waals surface area contributed by atoms with Crippen molar-refractivity contribution in [1.29, 1.82) is 0 Å². The van der Waals surface area contributed by atoms with E-state index < -0.39 is 0 Å². The highest BCUT2D eigenvalue weighted by molar-refractivity contribution is 6.16. The molecule has 0 amide bonds. The van der Waals surface area contributed by atoms with E-state index in [4.69, 9.17) is 4.74 Å². The monoisotopic (exact) mass is 172 g/mol. The zero-order chi connectivity index (χ0) is 9.47. The van der Waals surface area contributed by atoms with E-state index in [1.807, 2.05) is 0 Å². The van der Waals surface area contributed by atoms with E-state index in [1.54, 1.807) is 0 Å². The van der Waals surface area contributed by atoms with Gasteiger partial charge in [0.05, 0.1) is 5.50 Å². The van der Waals surface area contributed by atoms with Gasteiger partial charge in [0, 0.05) is 5.56 Å². The van der Waals surface area contributed by atoms with Gasteiger partial charge in [-0.1, -0.05) is 24.3 Å². The minimum atomic E-state index is -0.166. The zero-order valence-electron chi connectivity index (χ0n) is 8.29. The normalized spacial score (nSPS) is 25.1. The number of rotatable bonds is 0. The maximum absolute atomic E-state index is 5.81. The Morgan fingerprint density at radius 3 is 2.92 bits per heavy atom. The van der Waals surface area contributed by atoms with E-state index in [0.717, 1.165) is 5.75 Å². The molecule has 1 unspecified atom stereocenters. The van der Waals surface area contributed by atoms with Crippen molar-refractivity contribution >= 4 is 13.9 Å². The minimum absolute atomic E-state index is 0.166. The van der Waals surface area contributed by atoms with Crippen LogP contribution in [0.25, 0.3) is 6.08 Å². The standard InChI is InChI=1S/C11H13BO/c1-8-3-4-9-5-6-11(2,12)13-10(9)7-8/h3-7H,12H2,1-2H3. The Labute approximate surface area is 79.8 Å². The summed E-state index contributed by atoms with van der Waals surface area (Å²) in [5, 5.41) is 0. The van der Waals surface area contributed by atoms with Crippen LogP contribution < -0.4 is 4.74 Å². The largest absolute Gasteiger partial charge is 0.492 e. The van der Waals surface area contributed by atoms with E-state index in [2.05, 4.69) is 52.0 Å². The molecule has 1 heterocycles. The molecule has 1 aromatic rings. The Hall–Kier alpha value is -1.18. The SMILES string of the molecule is BC1(C)C=Cc2ccc(C)cc2O1. The molecule has 1 aliphatic heterocycles. The van der Waals surface area contributed by atoms with Gasteiger partial charge in [-0.15, -0.1) is 0 Å². The van der Waals surface area contributed by atoms with Crippen molar-refractivity contribution < 1.29 is 4.74 Å². The molecule has 0 saturated heterocycles. The molecule has 1 atom stereocenters. The van der Waals surface area contributed by atoms with Crippen LogP contribution in [0.3, 0.4) is 0 Å². The molecule has 0 spiro atoms. The van der Waals surface area contributed by atoms with Gasteiger partial charge in [0.1, 0.15) is 5.75 Å². The molecular formula is C11H13BO. The van der Waals surface area contributed by atoms with Crippen LogP contribution in [-0.4, -0.2) is 13.3 Å². The van der Waals surface area contributed by atoms with Gasteiger partial charge in [-0.3, -0.25) is 0 Å². The third-order valence-corrected chi connectivity index (χ3v) is 2.21. The van der Waals surface area contributed by atoms with Crippen LogP contribution >= 0.6 is 0 Å². The number of benzene rings is 1. The maximum Gasteiger partial charge on any atom is 0.163 e. The van der Waals surface area contributed by atoms with Crippen molar-refractivity contribution in [2.45, 2.75) is 19.3 Å². The smallest absolute Gasteiger partial charge is 0.163 e. The summed E-state index contributed by atoms with van der Waals surface area (Å²) in [7, 11) is 2.06. The van der Waals surface area contributed by atoms with Crippen molar-refractivity contribution in [3.8, 4) is 5.75 Å². The van der Waals surface area contributed by atoms with Gasteiger partial charge in [-0.05, 0) is 25.5 Å². The molecule has 0 fully saturated rings. The summed E-state index contributed by atoms with van der Waals surface area (Å²) in [4.78, 5) is 0. The average Bonchev–Trinajstić information content (AvgIpc) is 2.01. The number of ether oxygens (including phenoxy) is 1. The van der Waals surface area contributed by atoms with E-state index in [-0.39, 0.29) is 5.50 Å². The van der Waals surface area contributed by atoms with Crippen molar-refractivity contribution in [2.75, 3.05) is 0 Å².